The molecule has 1 saturated heterocycles. The maximum Gasteiger partial charge on any atom is 0.295 e. The van der Waals surface area contributed by atoms with E-state index in [0.29, 0.717) is 12.1 Å². The summed E-state index contributed by atoms with van der Waals surface area (Å²) in [5.74, 6) is -1.29. The molecular weight excluding hydrogens is 374 g/mol. The first kappa shape index (κ1) is 19.9. The fourth-order valence-electron chi connectivity index (χ4n) is 4.12. The Hall–Kier alpha value is -3.40. The average molecular weight is 399 g/mol. The van der Waals surface area contributed by atoms with Gasteiger partial charge in [-0.2, -0.15) is 0 Å². The third kappa shape index (κ3) is 3.50. The maximum atomic E-state index is 13.0. The molecule has 1 heterocycles. The van der Waals surface area contributed by atoms with E-state index in [9.17, 15) is 14.7 Å². The zero-order valence-electron chi connectivity index (χ0n) is 17.3. The number of amides is 1. The molecular formula is C26H25NO3. The quantitative estimate of drug-likeness (QED) is 0.356. The van der Waals surface area contributed by atoms with Gasteiger partial charge in [-0.05, 0) is 35.7 Å². The van der Waals surface area contributed by atoms with Crippen LogP contribution in [-0.4, -0.2) is 28.2 Å². The summed E-state index contributed by atoms with van der Waals surface area (Å²) in [6.45, 7) is 4.51. The Bertz CT molecular complexity index is 1160. The number of likely N-dealkylation sites (tertiary alicyclic amines) is 1. The van der Waals surface area contributed by atoms with Gasteiger partial charge in [0.05, 0.1) is 11.6 Å². The normalized spacial score (nSPS) is 18.3. The van der Waals surface area contributed by atoms with Crippen molar-refractivity contribution in [2.75, 3.05) is 6.54 Å². The Balaban J connectivity index is 1.88. The van der Waals surface area contributed by atoms with Crippen LogP contribution in [0.4, 0.5) is 0 Å². The van der Waals surface area contributed by atoms with Gasteiger partial charge in [0.1, 0.15) is 5.76 Å². The maximum absolute atomic E-state index is 13.0. The second kappa shape index (κ2) is 8.15. The van der Waals surface area contributed by atoms with Crippen molar-refractivity contribution in [3.8, 4) is 0 Å². The number of nitrogens with zero attached hydrogens (tertiary/aromatic N) is 1. The topological polar surface area (TPSA) is 57.6 Å². The third-order valence-electron chi connectivity index (χ3n) is 5.67. The third-order valence-corrected chi connectivity index (χ3v) is 5.67. The molecule has 4 rings (SSSR count). The number of hydrogen-bond acceptors (Lipinski definition) is 3. The number of aliphatic hydroxyl groups is 1. The molecule has 30 heavy (non-hydrogen) atoms. The Morgan fingerprint density at radius 3 is 2.47 bits per heavy atom. The van der Waals surface area contributed by atoms with Crippen LogP contribution in [0.25, 0.3) is 16.5 Å². The van der Waals surface area contributed by atoms with Gasteiger partial charge in [0.15, 0.2) is 0 Å². The van der Waals surface area contributed by atoms with Gasteiger partial charge in [-0.25, -0.2) is 0 Å². The van der Waals surface area contributed by atoms with Gasteiger partial charge < -0.3 is 10.0 Å². The van der Waals surface area contributed by atoms with E-state index >= 15 is 0 Å². The zero-order valence-corrected chi connectivity index (χ0v) is 17.3. The van der Waals surface area contributed by atoms with Gasteiger partial charge in [-0.3, -0.25) is 9.59 Å². The van der Waals surface area contributed by atoms with Crippen LogP contribution in [-0.2, 0) is 9.59 Å². The molecule has 1 N–H and O–H groups in total. The fraction of sp³-hybridized carbons (Fsp3) is 0.231. The molecule has 152 valence electrons. The molecule has 0 spiro atoms. The fourth-order valence-corrected chi connectivity index (χ4v) is 4.12. The van der Waals surface area contributed by atoms with Crippen LogP contribution in [0.3, 0.4) is 0 Å². The van der Waals surface area contributed by atoms with E-state index in [1.54, 1.807) is 11.0 Å². The average Bonchev–Trinajstić information content (AvgIpc) is 3.01. The summed E-state index contributed by atoms with van der Waals surface area (Å²) in [6.07, 6.45) is 1.71. The Morgan fingerprint density at radius 2 is 1.73 bits per heavy atom. The Morgan fingerprint density at radius 1 is 0.967 bits per heavy atom. The van der Waals surface area contributed by atoms with Gasteiger partial charge in [0, 0.05) is 12.1 Å². The molecule has 1 amide bonds. The molecule has 1 aliphatic rings. The molecule has 4 nitrogen and oxygen atoms in total. The monoisotopic (exact) mass is 399 g/mol. The molecule has 1 fully saturated rings. The minimum absolute atomic E-state index is 0.121. The van der Waals surface area contributed by atoms with Crippen molar-refractivity contribution < 1.29 is 14.7 Å². The van der Waals surface area contributed by atoms with Gasteiger partial charge in [-0.1, -0.05) is 79.6 Å². The predicted molar refractivity (Wildman–Crippen MR) is 119 cm³/mol. The van der Waals surface area contributed by atoms with Crippen LogP contribution in [0.1, 0.15) is 42.5 Å². The summed E-state index contributed by atoms with van der Waals surface area (Å²) in [5, 5.41) is 13.2. The SMILES string of the molecule is CCCCN1C(=O)C(=O)/C(=C(\O)c2ccc3ccccc3c2)C1c1cccc(C)c1. The number of ketones is 1. The summed E-state index contributed by atoms with van der Waals surface area (Å²) in [5.41, 5.74) is 2.59. The van der Waals surface area contributed by atoms with Crippen molar-refractivity contribution in [3.63, 3.8) is 0 Å². The highest BCUT2D eigenvalue weighted by Gasteiger charge is 2.45. The number of carbonyl (C=O) groups excluding carboxylic acids is 2. The van der Waals surface area contributed by atoms with Crippen molar-refractivity contribution in [2.45, 2.75) is 32.7 Å². The summed E-state index contributed by atoms with van der Waals surface area (Å²) in [6, 6.07) is 20.6. The van der Waals surface area contributed by atoms with Crippen molar-refractivity contribution in [3.05, 3.63) is 89.0 Å². The lowest BCUT2D eigenvalue weighted by Crippen LogP contribution is -2.30. The van der Waals surface area contributed by atoms with Crippen molar-refractivity contribution in [2.24, 2.45) is 0 Å². The molecule has 3 aromatic carbocycles. The minimum Gasteiger partial charge on any atom is -0.507 e. The van der Waals surface area contributed by atoms with Gasteiger partial charge in [0.25, 0.3) is 11.7 Å². The first-order valence-corrected chi connectivity index (χ1v) is 10.4. The number of aliphatic hydroxyl groups excluding tert-OH is 1. The van der Waals surface area contributed by atoms with Gasteiger partial charge in [0.2, 0.25) is 0 Å². The molecule has 1 aliphatic heterocycles. The summed E-state index contributed by atoms with van der Waals surface area (Å²) >= 11 is 0. The summed E-state index contributed by atoms with van der Waals surface area (Å²) in [7, 11) is 0. The molecule has 0 bridgehead atoms. The van der Waals surface area contributed by atoms with E-state index < -0.39 is 17.7 Å². The first-order valence-electron chi connectivity index (χ1n) is 10.4. The predicted octanol–water partition coefficient (Wildman–Crippen LogP) is 5.37. The van der Waals surface area contributed by atoms with Crippen molar-refractivity contribution in [1.29, 1.82) is 0 Å². The molecule has 1 unspecified atom stereocenters. The summed E-state index contributed by atoms with van der Waals surface area (Å²) in [4.78, 5) is 27.5. The first-order chi connectivity index (χ1) is 14.5. The molecule has 0 aromatic heterocycles. The van der Waals surface area contributed by atoms with Gasteiger partial charge in [-0.15, -0.1) is 0 Å². The van der Waals surface area contributed by atoms with E-state index in [0.717, 1.165) is 34.7 Å². The van der Waals surface area contributed by atoms with Crippen LogP contribution in [0.5, 0.6) is 0 Å². The molecule has 0 aliphatic carbocycles. The number of rotatable bonds is 5. The second-order valence-electron chi connectivity index (χ2n) is 7.82. The lowest BCUT2D eigenvalue weighted by molar-refractivity contribution is -0.139. The number of aryl methyl sites for hydroxylation is 1. The number of hydrogen-bond donors (Lipinski definition) is 1. The van der Waals surface area contributed by atoms with Crippen LogP contribution < -0.4 is 0 Å². The number of carbonyl (C=O) groups is 2. The molecule has 1 atom stereocenters. The van der Waals surface area contributed by atoms with Gasteiger partial charge >= 0.3 is 0 Å². The number of fused-ring (bicyclic) bond motifs is 1. The lowest BCUT2D eigenvalue weighted by atomic mass is 9.93. The Kier molecular flexibility index (Phi) is 5.40. The van der Waals surface area contributed by atoms with Crippen LogP contribution in [0, 0.1) is 6.92 Å². The van der Waals surface area contributed by atoms with E-state index in [1.165, 1.54) is 0 Å². The lowest BCUT2D eigenvalue weighted by Gasteiger charge is -2.25. The van der Waals surface area contributed by atoms with E-state index in [-0.39, 0.29) is 11.3 Å². The highest BCUT2D eigenvalue weighted by atomic mass is 16.3. The molecule has 4 heteroatoms. The van der Waals surface area contributed by atoms with Crippen LogP contribution in [0.15, 0.2) is 72.3 Å². The second-order valence-corrected chi connectivity index (χ2v) is 7.82. The van der Waals surface area contributed by atoms with E-state index in [1.807, 2.05) is 74.5 Å². The molecule has 3 aromatic rings. The van der Waals surface area contributed by atoms with Crippen molar-refractivity contribution >= 4 is 28.2 Å². The minimum atomic E-state index is -0.622. The highest BCUT2D eigenvalue weighted by molar-refractivity contribution is 6.46. The van der Waals surface area contributed by atoms with Crippen molar-refractivity contribution in [1.82, 2.24) is 4.90 Å². The Labute approximate surface area is 176 Å². The van der Waals surface area contributed by atoms with Crippen LogP contribution >= 0.6 is 0 Å². The van der Waals surface area contributed by atoms with Crippen LogP contribution in [0.2, 0.25) is 0 Å². The smallest absolute Gasteiger partial charge is 0.295 e. The number of unbranched alkanes of at least 4 members (excludes halogenated alkanes) is 1. The standard InChI is InChI=1S/C26H25NO3/c1-3-4-14-27-23(20-11-7-8-17(2)15-20)22(25(29)26(27)30)24(28)21-13-12-18-9-5-6-10-19(18)16-21/h5-13,15-16,23,28H,3-4,14H2,1-2H3/b24-22-. The highest BCUT2D eigenvalue weighted by Crippen LogP contribution is 2.40. The number of Topliss-reactive ketones (excluding diaryl/α,β-unsaturated/α-hetero) is 1. The summed E-state index contributed by atoms with van der Waals surface area (Å²) < 4.78 is 0. The molecule has 0 saturated carbocycles. The zero-order chi connectivity index (χ0) is 21.3. The molecule has 0 radical (unpaired) electrons. The van der Waals surface area contributed by atoms with E-state index in [2.05, 4.69) is 0 Å². The van der Waals surface area contributed by atoms with E-state index in [4.69, 9.17) is 0 Å². The largest absolute Gasteiger partial charge is 0.507 e. The number of benzene rings is 3.